The summed E-state index contributed by atoms with van der Waals surface area (Å²) in [7, 11) is 0.302. The van der Waals surface area contributed by atoms with Gasteiger partial charge < -0.3 is 0 Å². The summed E-state index contributed by atoms with van der Waals surface area (Å²) in [6.07, 6.45) is -4.51. The average Bonchev–Trinajstić information content (AvgIpc) is 2.17. The number of hydrogen-bond acceptors (Lipinski definition) is 3. The molecule has 0 aromatic heterocycles. The van der Waals surface area contributed by atoms with Crippen LogP contribution >= 0.6 is 0 Å². The van der Waals surface area contributed by atoms with E-state index in [0.717, 1.165) is 12.1 Å². The Hall–Kier alpha value is -1.08. The third-order valence-electron chi connectivity index (χ3n) is 1.60. The SMILES string of the molecule is [CH]OS(=O)(=O)c1ccc(C(F)(F)F)cc1. The molecule has 0 heterocycles. The Morgan fingerprint density at radius 3 is 1.93 bits per heavy atom. The van der Waals surface area contributed by atoms with Gasteiger partial charge in [0.05, 0.1) is 10.5 Å². The van der Waals surface area contributed by atoms with E-state index < -0.39 is 26.8 Å². The maximum Gasteiger partial charge on any atom is 0.416 e. The van der Waals surface area contributed by atoms with Crippen molar-refractivity contribution in [2.24, 2.45) is 0 Å². The molecule has 0 aliphatic heterocycles. The van der Waals surface area contributed by atoms with Crippen molar-refractivity contribution in [2.75, 3.05) is 0 Å². The first kappa shape index (κ1) is 12.0. The molecule has 0 spiro atoms. The molecular formula is C8H5F3O3S. The Bertz CT molecular complexity index is 433. The van der Waals surface area contributed by atoms with Crippen molar-refractivity contribution in [3.05, 3.63) is 36.9 Å². The molecule has 0 unspecified atom stereocenters. The Balaban J connectivity index is 3.12. The van der Waals surface area contributed by atoms with Crippen LogP contribution in [0.25, 0.3) is 0 Å². The fourth-order valence-electron chi connectivity index (χ4n) is 0.866. The minimum absolute atomic E-state index is 0.432. The first-order valence-electron chi connectivity index (χ1n) is 3.58. The number of hydrogen-bond donors (Lipinski definition) is 0. The molecule has 0 bridgehead atoms. The second-order valence-electron chi connectivity index (χ2n) is 2.57. The van der Waals surface area contributed by atoms with Crippen LogP contribution in [0.1, 0.15) is 5.56 Å². The van der Waals surface area contributed by atoms with Crippen LogP contribution in [0.2, 0.25) is 0 Å². The van der Waals surface area contributed by atoms with Crippen molar-refractivity contribution >= 4 is 10.1 Å². The van der Waals surface area contributed by atoms with Crippen molar-refractivity contribution in [3.8, 4) is 0 Å². The van der Waals surface area contributed by atoms with E-state index >= 15 is 0 Å². The Labute approximate surface area is 84.6 Å². The zero-order valence-electron chi connectivity index (χ0n) is 7.15. The molecule has 0 fully saturated rings. The molecule has 0 N–H and O–H groups in total. The lowest BCUT2D eigenvalue weighted by Crippen LogP contribution is -2.06. The second kappa shape index (κ2) is 3.82. The molecule has 0 saturated heterocycles. The summed E-state index contributed by atoms with van der Waals surface area (Å²) in [5, 5.41) is 0. The summed E-state index contributed by atoms with van der Waals surface area (Å²) >= 11 is 0. The molecule has 1 rings (SSSR count). The molecule has 1 aromatic rings. The zero-order valence-corrected chi connectivity index (χ0v) is 7.97. The van der Waals surface area contributed by atoms with Crippen LogP contribution in [0.15, 0.2) is 29.2 Å². The highest BCUT2D eigenvalue weighted by Gasteiger charge is 2.30. The van der Waals surface area contributed by atoms with E-state index in [2.05, 4.69) is 11.3 Å². The largest absolute Gasteiger partial charge is 0.416 e. The lowest BCUT2D eigenvalue weighted by atomic mass is 10.2. The molecule has 0 atom stereocenters. The van der Waals surface area contributed by atoms with Gasteiger partial charge in [-0.3, -0.25) is 4.18 Å². The van der Waals surface area contributed by atoms with Gasteiger partial charge in [-0.1, -0.05) is 0 Å². The van der Waals surface area contributed by atoms with Crippen LogP contribution in [-0.4, -0.2) is 8.42 Å². The summed E-state index contributed by atoms with van der Waals surface area (Å²) in [4.78, 5) is -0.432. The van der Waals surface area contributed by atoms with Crippen LogP contribution in [0.3, 0.4) is 0 Å². The molecule has 0 amide bonds. The molecule has 3 nitrogen and oxygen atoms in total. The number of benzene rings is 1. The normalized spacial score (nSPS) is 12.8. The van der Waals surface area contributed by atoms with Gasteiger partial charge >= 0.3 is 6.18 Å². The predicted molar refractivity (Wildman–Crippen MR) is 44.0 cm³/mol. The van der Waals surface area contributed by atoms with E-state index in [0.29, 0.717) is 12.1 Å². The minimum atomic E-state index is -4.51. The van der Waals surface area contributed by atoms with Crippen LogP contribution in [0, 0.1) is 7.11 Å². The average molecular weight is 238 g/mol. The van der Waals surface area contributed by atoms with E-state index in [1.807, 2.05) is 0 Å². The maximum atomic E-state index is 12.1. The van der Waals surface area contributed by atoms with Crippen LogP contribution in [-0.2, 0) is 20.5 Å². The Morgan fingerprint density at radius 1 is 1.13 bits per heavy atom. The van der Waals surface area contributed by atoms with Gasteiger partial charge in [0, 0.05) is 0 Å². The number of halogens is 3. The Kier molecular flexibility index (Phi) is 3.05. The van der Waals surface area contributed by atoms with E-state index in [-0.39, 0.29) is 0 Å². The molecule has 2 radical (unpaired) electrons. The van der Waals surface area contributed by atoms with E-state index in [1.54, 1.807) is 0 Å². The summed E-state index contributed by atoms with van der Waals surface area (Å²) in [5.74, 6) is 0. The topological polar surface area (TPSA) is 43.4 Å². The molecule has 0 aliphatic rings. The van der Waals surface area contributed by atoms with Gasteiger partial charge in [0.1, 0.15) is 7.11 Å². The monoisotopic (exact) mass is 238 g/mol. The predicted octanol–water partition coefficient (Wildman–Crippen LogP) is 2.08. The van der Waals surface area contributed by atoms with Crippen molar-refractivity contribution in [1.82, 2.24) is 0 Å². The van der Waals surface area contributed by atoms with Gasteiger partial charge in [-0.2, -0.15) is 21.6 Å². The Morgan fingerprint density at radius 2 is 1.60 bits per heavy atom. The first-order chi connectivity index (χ1) is 6.77. The molecule has 82 valence electrons. The molecule has 1 aromatic carbocycles. The van der Waals surface area contributed by atoms with E-state index in [4.69, 9.17) is 0 Å². The third-order valence-corrected chi connectivity index (χ3v) is 2.70. The highest BCUT2D eigenvalue weighted by molar-refractivity contribution is 7.86. The summed E-state index contributed by atoms with van der Waals surface area (Å²) < 4.78 is 61.8. The second-order valence-corrected chi connectivity index (χ2v) is 4.14. The standard InChI is InChI=1S/C8H5F3O3S/c1-14-15(12,13)7-4-2-6(3-5-7)8(9,10)11/h1-5H. The number of alkyl halides is 3. The highest BCUT2D eigenvalue weighted by atomic mass is 32.2. The van der Waals surface area contributed by atoms with Gasteiger partial charge in [0.25, 0.3) is 10.1 Å². The maximum absolute atomic E-state index is 12.1. The first-order valence-corrected chi connectivity index (χ1v) is 4.99. The fourth-order valence-corrected chi connectivity index (χ4v) is 1.45. The van der Waals surface area contributed by atoms with Crippen LogP contribution < -0.4 is 0 Å². The fraction of sp³-hybridized carbons (Fsp3) is 0.125. The van der Waals surface area contributed by atoms with Gasteiger partial charge in [0.15, 0.2) is 0 Å². The van der Waals surface area contributed by atoms with Crippen LogP contribution in [0.4, 0.5) is 13.2 Å². The van der Waals surface area contributed by atoms with Gasteiger partial charge in [0.2, 0.25) is 0 Å². The zero-order chi connectivity index (χ0) is 11.7. The van der Waals surface area contributed by atoms with Crippen molar-refractivity contribution in [2.45, 2.75) is 11.1 Å². The quantitative estimate of drug-likeness (QED) is 0.741. The molecule has 7 heteroatoms. The smallest absolute Gasteiger partial charge is 0.257 e. The molecule has 15 heavy (non-hydrogen) atoms. The van der Waals surface area contributed by atoms with Crippen molar-refractivity contribution in [1.29, 1.82) is 0 Å². The van der Waals surface area contributed by atoms with Crippen LogP contribution in [0.5, 0.6) is 0 Å². The van der Waals surface area contributed by atoms with Crippen molar-refractivity contribution in [3.63, 3.8) is 0 Å². The molecular weight excluding hydrogens is 233 g/mol. The lowest BCUT2D eigenvalue weighted by Gasteiger charge is -2.06. The third kappa shape index (κ3) is 2.69. The minimum Gasteiger partial charge on any atom is -0.257 e. The number of rotatable bonds is 2. The molecule has 0 aliphatic carbocycles. The van der Waals surface area contributed by atoms with Crippen molar-refractivity contribution < 1.29 is 25.8 Å². The summed E-state index contributed by atoms with van der Waals surface area (Å²) in [5.41, 5.74) is -0.946. The van der Waals surface area contributed by atoms with Gasteiger partial charge in [-0.25, -0.2) is 0 Å². The van der Waals surface area contributed by atoms with E-state index in [9.17, 15) is 21.6 Å². The van der Waals surface area contributed by atoms with Gasteiger partial charge in [-0.15, -0.1) is 0 Å². The highest BCUT2D eigenvalue weighted by Crippen LogP contribution is 2.29. The summed E-state index contributed by atoms with van der Waals surface area (Å²) in [6, 6.07) is 2.80. The van der Waals surface area contributed by atoms with Gasteiger partial charge in [-0.05, 0) is 24.3 Å². The molecule has 0 saturated carbocycles. The van der Waals surface area contributed by atoms with E-state index in [1.165, 1.54) is 0 Å². The summed E-state index contributed by atoms with van der Waals surface area (Å²) in [6.45, 7) is 0. The lowest BCUT2D eigenvalue weighted by molar-refractivity contribution is -0.137.